The van der Waals surface area contributed by atoms with Gasteiger partial charge in [-0.15, -0.1) is 0 Å². The first-order valence-electron chi connectivity index (χ1n) is 5.79. The Labute approximate surface area is 98.8 Å². The van der Waals surface area contributed by atoms with Crippen LogP contribution in [0.25, 0.3) is 0 Å². The average molecular weight is 231 g/mol. The fourth-order valence-electron chi connectivity index (χ4n) is 2.81. The maximum atomic E-state index is 12.1. The van der Waals surface area contributed by atoms with Crippen molar-refractivity contribution < 1.29 is 9.59 Å². The summed E-state index contributed by atoms with van der Waals surface area (Å²) in [5, 5.41) is 2.43. The Morgan fingerprint density at radius 1 is 1.24 bits per heavy atom. The van der Waals surface area contributed by atoms with Gasteiger partial charge < -0.3 is 4.90 Å². The number of carbonyl (C=O) groups is 2. The van der Waals surface area contributed by atoms with Crippen molar-refractivity contribution in [1.82, 2.24) is 15.2 Å². The topological polar surface area (TPSA) is 62.3 Å². The van der Waals surface area contributed by atoms with Crippen molar-refractivity contribution in [1.29, 1.82) is 0 Å². The largest absolute Gasteiger partial charge is 0.325 e. The molecule has 0 aromatic carbocycles. The molecule has 2 fully saturated rings. The summed E-state index contributed by atoms with van der Waals surface area (Å²) in [6, 6.07) is 3.36. The molecule has 2 saturated heterocycles. The standard InChI is InChI=1S/C12H13N3O2/c16-10-12(9-3-6-13-7-4-9)5-1-2-8-15(12)11(17)14-10/h3-4,6-7H,1-2,5,8H2,(H,14,16,17). The van der Waals surface area contributed by atoms with E-state index in [0.29, 0.717) is 13.0 Å². The number of piperidine rings is 1. The van der Waals surface area contributed by atoms with Gasteiger partial charge in [-0.3, -0.25) is 15.1 Å². The molecule has 88 valence electrons. The second-order valence-corrected chi connectivity index (χ2v) is 4.46. The highest BCUT2D eigenvalue weighted by Gasteiger charge is 2.54. The number of amides is 3. The Bertz CT molecular complexity index is 474. The van der Waals surface area contributed by atoms with Crippen LogP contribution in [0.5, 0.6) is 0 Å². The van der Waals surface area contributed by atoms with E-state index in [2.05, 4.69) is 10.3 Å². The minimum Gasteiger partial charge on any atom is -0.306 e. The Balaban J connectivity index is 2.14. The molecular formula is C12H13N3O2. The molecule has 0 aliphatic carbocycles. The molecule has 5 nitrogen and oxygen atoms in total. The molecule has 1 unspecified atom stereocenters. The average Bonchev–Trinajstić information content (AvgIpc) is 2.64. The van der Waals surface area contributed by atoms with Gasteiger partial charge in [-0.2, -0.15) is 0 Å². The van der Waals surface area contributed by atoms with Crippen molar-refractivity contribution >= 4 is 11.9 Å². The molecule has 3 amide bonds. The number of urea groups is 1. The van der Waals surface area contributed by atoms with Crippen LogP contribution in [0.4, 0.5) is 4.79 Å². The van der Waals surface area contributed by atoms with Crippen molar-refractivity contribution in [2.24, 2.45) is 0 Å². The minimum atomic E-state index is -0.793. The minimum absolute atomic E-state index is 0.201. The number of fused-ring (bicyclic) bond motifs is 1. The Morgan fingerprint density at radius 2 is 2.00 bits per heavy atom. The van der Waals surface area contributed by atoms with Gasteiger partial charge in [-0.25, -0.2) is 4.79 Å². The highest BCUT2D eigenvalue weighted by molar-refractivity contribution is 6.07. The molecule has 1 aromatic heterocycles. The highest BCUT2D eigenvalue weighted by Crippen LogP contribution is 2.40. The number of imide groups is 1. The predicted octanol–water partition coefficient (Wildman–Crippen LogP) is 1.01. The summed E-state index contributed by atoms with van der Waals surface area (Å²) in [6.07, 6.45) is 5.92. The normalized spacial score (nSPS) is 27.9. The molecule has 1 atom stereocenters. The van der Waals surface area contributed by atoms with Crippen LogP contribution < -0.4 is 5.32 Å². The van der Waals surface area contributed by atoms with E-state index in [0.717, 1.165) is 18.4 Å². The monoisotopic (exact) mass is 231 g/mol. The first-order chi connectivity index (χ1) is 8.25. The number of hydrogen-bond donors (Lipinski definition) is 1. The second kappa shape index (κ2) is 3.55. The summed E-state index contributed by atoms with van der Waals surface area (Å²) < 4.78 is 0. The first kappa shape index (κ1) is 10.3. The van der Waals surface area contributed by atoms with Gasteiger partial charge in [0.1, 0.15) is 5.54 Å². The van der Waals surface area contributed by atoms with E-state index in [9.17, 15) is 9.59 Å². The molecule has 1 aromatic rings. The van der Waals surface area contributed by atoms with Gasteiger partial charge in [0, 0.05) is 18.9 Å². The zero-order valence-corrected chi connectivity index (χ0v) is 9.35. The SMILES string of the molecule is O=C1NC(=O)C2(c3ccncc3)CCCCN12. The van der Waals surface area contributed by atoms with Crippen LogP contribution in [0.1, 0.15) is 24.8 Å². The summed E-state index contributed by atoms with van der Waals surface area (Å²) in [5.74, 6) is -0.201. The molecule has 5 heteroatoms. The van der Waals surface area contributed by atoms with Crippen molar-refractivity contribution in [3.8, 4) is 0 Å². The zero-order chi connectivity index (χ0) is 11.9. The Kier molecular flexibility index (Phi) is 2.14. The third-order valence-corrected chi connectivity index (χ3v) is 3.63. The molecule has 0 spiro atoms. The quantitative estimate of drug-likeness (QED) is 0.734. The maximum absolute atomic E-state index is 12.1. The molecule has 3 rings (SSSR count). The number of pyridine rings is 1. The van der Waals surface area contributed by atoms with E-state index in [1.165, 1.54) is 0 Å². The van der Waals surface area contributed by atoms with Gasteiger partial charge in [-0.1, -0.05) is 0 Å². The van der Waals surface area contributed by atoms with Gasteiger partial charge in [0.25, 0.3) is 5.91 Å². The van der Waals surface area contributed by atoms with Crippen LogP contribution in [0, 0.1) is 0 Å². The Morgan fingerprint density at radius 3 is 2.76 bits per heavy atom. The van der Waals surface area contributed by atoms with Crippen LogP contribution >= 0.6 is 0 Å². The maximum Gasteiger partial charge on any atom is 0.325 e. The van der Waals surface area contributed by atoms with E-state index >= 15 is 0 Å². The molecule has 3 heterocycles. The smallest absolute Gasteiger partial charge is 0.306 e. The summed E-state index contributed by atoms with van der Waals surface area (Å²) in [5.41, 5.74) is 0.0636. The third-order valence-electron chi connectivity index (χ3n) is 3.63. The van der Waals surface area contributed by atoms with Crippen LogP contribution in [0.2, 0.25) is 0 Å². The van der Waals surface area contributed by atoms with Gasteiger partial charge >= 0.3 is 6.03 Å². The number of hydrogen-bond acceptors (Lipinski definition) is 3. The summed E-state index contributed by atoms with van der Waals surface area (Å²) >= 11 is 0. The van der Waals surface area contributed by atoms with Crippen LogP contribution in [0.3, 0.4) is 0 Å². The Hall–Kier alpha value is -1.91. The lowest BCUT2D eigenvalue weighted by Gasteiger charge is -2.39. The molecule has 17 heavy (non-hydrogen) atoms. The number of rotatable bonds is 1. The summed E-state index contributed by atoms with van der Waals surface area (Å²) in [4.78, 5) is 29.5. The van der Waals surface area contributed by atoms with Gasteiger partial charge in [0.15, 0.2) is 0 Å². The zero-order valence-electron chi connectivity index (χ0n) is 9.35. The van der Waals surface area contributed by atoms with Crippen molar-refractivity contribution in [3.63, 3.8) is 0 Å². The van der Waals surface area contributed by atoms with Crippen molar-refractivity contribution in [2.45, 2.75) is 24.8 Å². The van der Waals surface area contributed by atoms with E-state index in [-0.39, 0.29) is 11.9 Å². The number of nitrogens with zero attached hydrogens (tertiary/aromatic N) is 2. The summed E-state index contributed by atoms with van der Waals surface area (Å²) in [6.45, 7) is 0.639. The van der Waals surface area contributed by atoms with Gasteiger partial charge in [-0.05, 0) is 37.0 Å². The predicted molar refractivity (Wildman–Crippen MR) is 60.0 cm³/mol. The van der Waals surface area contributed by atoms with Crippen molar-refractivity contribution in [2.75, 3.05) is 6.54 Å². The molecule has 2 aliphatic rings. The van der Waals surface area contributed by atoms with Crippen LogP contribution in [0.15, 0.2) is 24.5 Å². The molecule has 0 bridgehead atoms. The molecule has 0 radical (unpaired) electrons. The highest BCUT2D eigenvalue weighted by atomic mass is 16.2. The lowest BCUT2D eigenvalue weighted by atomic mass is 9.81. The number of nitrogens with one attached hydrogen (secondary N) is 1. The number of carbonyl (C=O) groups excluding carboxylic acids is 2. The summed E-state index contributed by atoms with van der Waals surface area (Å²) in [7, 11) is 0. The number of aromatic nitrogens is 1. The van der Waals surface area contributed by atoms with Crippen LogP contribution in [-0.2, 0) is 10.3 Å². The molecular weight excluding hydrogens is 218 g/mol. The lowest BCUT2D eigenvalue weighted by Crippen LogP contribution is -2.49. The second-order valence-electron chi connectivity index (χ2n) is 4.46. The molecule has 0 saturated carbocycles. The molecule has 2 aliphatic heterocycles. The van der Waals surface area contributed by atoms with Crippen molar-refractivity contribution in [3.05, 3.63) is 30.1 Å². The van der Waals surface area contributed by atoms with Gasteiger partial charge in [0.2, 0.25) is 0 Å². The van der Waals surface area contributed by atoms with Crippen LogP contribution in [-0.4, -0.2) is 28.4 Å². The van der Waals surface area contributed by atoms with Gasteiger partial charge in [0.05, 0.1) is 0 Å². The fraction of sp³-hybridized carbons (Fsp3) is 0.417. The third kappa shape index (κ3) is 1.28. The fourth-order valence-corrected chi connectivity index (χ4v) is 2.81. The first-order valence-corrected chi connectivity index (χ1v) is 5.79. The van der Waals surface area contributed by atoms with E-state index in [4.69, 9.17) is 0 Å². The molecule has 1 N–H and O–H groups in total. The van der Waals surface area contributed by atoms with E-state index < -0.39 is 5.54 Å². The lowest BCUT2D eigenvalue weighted by molar-refractivity contribution is -0.128. The van der Waals surface area contributed by atoms with E-state index in [1.807, 2.05) is 12.1 Å². The van der Waals surface area contributed by atoms with E-state index in [1.54, 1.807) is 17.3 Å².